The molecule has 0 spiro atoms. The second kappa shape index (κ2) is 5.75. The maximum atomic E-state index is 3.85. The lowest BCUT2D eigenvalue weighted by Gasteiger charge is -2.14. The summed E-state index contributed by atoms with van der Waals surface area (Å²) >= 11 is 0. The van der Waals surface area contributed by atoms with E-state index in [1.807, 2.05) is 6.08 Å². The van der Waals surface area contributed by atoms with Crippen LogP contribution in [-0.2, 0) is 25.7 Å². The second-order valence-electron chi connectivity index (χ2n) is 3.95. The molecule has 0 aliphatic heterocycles. The molecule has 0 atom stereocenters. The summed E-state index contributed by atoms with van der Waals surface area (Å²) in [5.41, 5.74) is 5.99. The van der Waals surface area contributed by atoms with Crippen LogP contribution in [0.15, 0.2) is 24.8 Å². The highest BCUT2D eigenvalue weighted by atomic mass is 14.1. The Morgan fingerprint density at radius 2 is 1.53 bits per heavy atom. The van der Waals surface area contributed by atoms with Crippen LogP contribution in [0, 0.1) is 0 Å². The van der Waals surface area contributed by atoms with E-state index in [1.54, 1.807) is 0 Å². The summed E-state index contributed by atoms with van der Waals surface area (Å²) in [6.45, 7) is 10.5. The first-order valence-corrected chi connectivity index (χ1v) is 6.01. The number of aryl methyl sites for hydroxylation is 3. The number of hydrogen-bond acceptors (Lipinski definition) is 0. The minimum absolute atomic E-state index is 1.01. The summed E-state index contributed by atoms with van der Waals surface area (Å²) in [4.78, 5) is 0. The molecule has 1 aromatic carbocycles. The Bertz CT molecular complexity index is 309. The Morgan fingerprint density at radius 1 is 1.00 bits per heavy atom. The first-order chi connectivity index (χ1) is 7.26. The second-order valence-corrected chi connectivity index (χ2v) is 3.95. The molecule has 0 radical (unpaired) electrons. The maximum Gasteiger partial charge on any atom is -0.00947 e. The molecule has 0 aliphatic rings. The molecule has 0 heterocycles. The van der Waals surface area contributed by atoms with Crippen molar-refractivity contribution in [3.05, 3.63) is 47.0 Å². The molecule has 1 aromatic rings. The van der Waals surface area contributed by atoms with Gasteiger partial charge in [-0.1, -0.05) is 39.0 Å². The van der Waals surface area contributed by atoms with Crippen LogP contribution in [-0.4, -0.2) is 0 Å². The molecule has 1 rings (SSSR count). The quantitative estimate of drug-likeness (QED) is 0.630. The van der Waals surface area contributed by atoms with E-state index < -0.39 is 0 Å². The summed E-state index contributed by atoms with van der Waals surface area (Å²) in [6, 6.07) is 4.72. The van der Waals surface area contributed by atoms with E-state index in [9.17, 15) is 0 Å². The van der Waals surface area contributed by atoms with Crippen LogP contribution in [0.3, 0.4) is 0 Å². The Hall–Kier alpha value is -1.04. The zero-order valence-electron chi connectivity index (χ0n) is 10.3. The van der Waals surface area contributed by atoms with Crippen LogP contribution < -0.4 is 0 Å². The smallest absolute Gasteiger partial charge is 0.00947 e. The van der Waals surface area contributed by atoms with E-state index in [4.69, 9.17) is 0 Å². The van der Waals surface area contributed by atoms with Crippen molar-refractivity contribution in [3.8, 4) is 0 Å². The Balaban J connectivity index is 3.25. The highest BCUT2D eigenvalue weighted by Crippen LogP contribution is 2.20. The van der Waals surface area contributed by atoms with Crippen molar-refractivity contribution in [1.29, 1.82) is 0 Å². The van der Waals surface area contributed by atoms with Gasteiger partial charge in [-0.25, -0.2) is 0 Å². The normalized spacial score (nSPS) is 10.3. The largest absolute Gasteiger partial charge is 0.103 e. The van der Waals surface area contributed by atoms with Crippen molar-refractivity contribution in [2.75, 3.05) is 0 Å². The summed E-state index contributed by atoms with van der Waals surface area (Å²) < 4.78 is 0. The predicted octanol–water partition coefficient (Wildman–Crippen LogP) is 4.10. The van der Waals surface area contributed by atoms with Gasteiger partial charge in [-0.3, -0.25) is 0 Å². The highest BCUT2D eigenvalue weighted by molar-refractivity contribution is 5.40. The lowest BCUT2D eigenvalue weighted by molar-refractivity contribution is 0.989. The molecule has 0 saturated carbocycles. The average Bonchev–Trinajstić information content (AvgIpc) is 2.29. The number of hydrogen-bond donors (Lipinski definition) is 0. The van der Waals surface area contributed by atoms with Crippen LogP contribution in [0.4, 0.5) is 0 Å². The monoisotopic (exact) mass is 202 g/mol. The van der Waals surface area contributed by atoms with Crippen LogP contribution in [0.2, 0.25) is 0 Å². The highest BCUT2D eigenvalue weighted by Gasteiger charge is 2.06. The zero-order valence-corrected chi connectivity index (χ0v) is 10.3. The molecule has 0 bridgehead atoms. The fourth-order valence-electron chi connectivity index (χ4n) is 2.11. The Kier molecular flexibility index (Phi) is 4.61. The molecule has 0 aliphatic carbocycles. The molecule has 0 saturated heterocycles. The van der Waals surface area contributed by atoms with Gasteiger partial charge in [0, 0.05) is 0 Å². The summed E-state index contributed by atoms with van der Waals surface area (Å²) in [7, 11) is 0. The molecule has 0 amide bonds. The van der Waals surface area contributed by atoms with E-state index >= 15 is 0 Å². The topological polar surface area (TPSA) is 0 Å². The van der Waals surface area contributed by atoms with Crippen molar-refractivity contribution in [3.63, 3.8) is 0 Å². The van der Waals surface area contributed by atoms with Gasteiger partial charge in [0.2, 0.25) is 0 Å². The Labute approximate surface area is 94.0 Å². The number of rotatable bonds is 5. The zero-order chi connectivity index (χ0) is 11.3. The fourth-order valence-corrected chi connectivity index (χ4v) is 2.11. The molecular weight excluding hydrogens is 180 g/mol. The van der Waals surface area contributed by atoms with Gasteiger partial charge in [0.15, 0.2) is 0 Å². The van der Waals surface area contributed by atoms with Gasteiger partial charge in [0.1, 0.15) is 0 Å². The van der Waals surface area contributed by atoms with Gasteiger partial charge in [0.25, 0.3) is 0 Å². The molecular formula is C15H22. The summed E-state index contributed by atoms with van der Waals surface area (Å²) in [6.07, 6.45) is 6.41. The van der Waals surface area contributed by atoms with E-state index in [0.717, 1.165) is 25.7 Å². The van der Waals surface area contributed by atoms with Gasteiger partial charge in [-0.05, 0) is 47.9 Å². The minimum Gasteiger partial charge on any atom is -0.103 e. The first-order valence-electron chi connectivity index (χ1n) is 6.01. The van der Waals surface area contributed by atoms with Crippen LogP contribution in [0.5, 0.6) is 0 Å². The lowest BCUT2D eigenvalue weighted by atomic mass is 9.92. The third kappa shape index (κ3) is 2.71. The predicted molar refractivity (Wildman–Crippen MR) is 68.5 cm³/mol. The SMILES string of the molecule is C=CCc1c(CC)cc(CC)cc1CC. The molecule has 0 aromatic heterocycles. The molecule has 0 heteroatoms. The molecule has 0 nitrogen and oxygen atoms in total. The van der Waals surface area contributed by atoms with E-state index in [-0.39, 0.29) is 0 Å². The number of benzene rings is 1. The fraction of sp³-hybridized carbons (Fsp3) is 0.467. The van der Waals surface area contributed by atoms with Gasteiger partial charge in [-0.2, -0.15) is 0 Å². The van der Waals surface area contributed by atoms with Gasteiger partial charge in [0.05, 0.1) is 0 Å². The van der Waals surface area contributed by atoms with E-state index in [2.05, 4.69) is 39.5 Å². The van der Waals surface area contributed by atoms with Crippen molar-refractivity contribution in [2.24, 2.45) is 0 Å². The van der Waals surface area contributed by atoms with Crippen molar-refractivity contribution < 1.29 is 0 Å². The lowest BCUT2D eigenvalue weighted by Crippen LogP contribution is -2.00. The molecule has 0 unspecified atom stereocenters. The van der Waals surface area contributed by atoms with E-state index in [1.165, 1.54) is 22.3 Å². The standard InChI is InChI=1S/C15H22/c1-5-9-15-13(7-3)10-12(6-2)11-14(15)8-4/h5,10-11H,1,6-9H2,2-4H3. The summed E-state index contributed by atoms with van der Waals surface area (Å²) in [5, 5.41) is 0. The van der Waals surface area contributed by atoms with Crippen LogP contribution >= 0.6 is 0 Å². The van der Waals surface area contributed by atoms with Crippen molar-refractivity contribution in [2.45, 2.75) is 46.5 Å². The number of allylic oxidation sites excluding steroid dienone is 1. The van der Waals surface area contributed by atoms with Gasteiger partial charge >= 0.3 is 0 Å². The van der Waals surface area contributed by atoms with Crippen molar-refractivity contribution >= 4 is 0 Å². The molecule has 0 fully saturated rings. The first kappa shape index (κ1) is 12.0. The average molecular weight is 202 g/mol. The minimum atomic E-state index is 1.01. The van der Waals surface area contributed by atoms with Gasteiger partial charge in [-0.15, -0.1) is 6.58 Å². The van der Waals surface area contributed by atoms with Gasteiger partial charge < -0.3 is 0 Å². The van der Waals surface area contributed by atoms with Crippen molar-refractivity contribution in [1.82, 2.24) is 0 Å². The van der Waals surface area contributed by atoms with E-state index in [0.29, 0.717) is 0 Å². The third-order valence-corrected chi connectivity index (χ3v) is 3.01. The third-order valence-electron chi connectivity index (χ3n) is 3.01. The van der Waals surface area contributed by atoms with Crippen LogP contribution in [0.25, 0.3) is 0 Å². The molecule has 15 heavy (non-hydrogen) atoms. The maximum absolute atomic E-state index is 3.85. The summed E-state index contributed by atoms with van der Waals surface area (Å²) in [5.74, 6) is 0. The molecule has 82 valence electrons. The molecule has 0 N–H and O–H groups in total. The Morgan fingerprint density at radius 3 is 1.87 bits per heavy atom. The van der Waals surface area contributed by atoms with Crippen LogP contribution in [0.1, 0.15) is 43.0 Å².